The van der Waals surface area contributed by atoms with E-state index in [1.54, 1.807) is 13.8 Å². The average molecular weight is 310 g/mol. The number of carbonyl (C=O) groups excluding carboxylic acids is 1. The Labute approximate surface area is 127 Å². The minimum Gasteiger partial charge on any atom is -0.394 e. The number of aliphatic hydroxyl groups is 1. The molecule has 2 aliphatic rings. The van der Waals surface area contributed by atoms with Gasteiger partial charge in [0.25, 0.3) is 0 Å². The van der Waals surface area contributed by atoms with Gasteiger partial charge in [0, 0.05) is 0 Å². The van der Waals surface area contributed by atoms with Crippen LogP contribution in [-0.4, -0.2) is 58.4 Å². The van der Waals surface area contributed by atoms with Crippen molar-refractivity contribution in [3.63, 3.8) is 0 Å². The topological polar surface area (TPSA) is 115 Å². The Morgan fingerprint density at radius 1 is 1.41 bits per heavy atom. The summed E-state index contributed by atoms with van der Waals surface area (Å²) in [7, 11) is 0. The number of aromatic nitrogens is 2. The van der Waals surface area contributed by atoms with E-state index in [1.165, 1.54) is 12.5 Å². The third kappa shape index (κ3) is 2.75. The number of carbonyl (C=O) groups is 1. The predicted molar refractivity (Wildman–Crippen MR) is 74.9 cm³/mol. The van der Waals surface area contributed by atoms with Crippen LogP contribution in [0, 0.1) is 0 Å². The fourth-order valence-electron chi connectivity index (χ4n) is 2.69. The van der Waals surface area contributed by atoms with Gasteiger partial charge in [-0.05, 0) is 13.8 Å². The van der Waals surface area contributed by atoms with Gasteiger partial charge < -0.3 is 30.0 Å². The van der Waals surface area contributed by atoms with Gasteiger partial charge in [-0.3, -0.25) is 4.79 Å². The summed E-state index contributed by atoms with van der Waals surface area (Å²) >= 11 is 0. The van der Waals surface area contributed by atoms with E-state index in [-0.39, 0.29) is 12.7 Å². The largest absolute Gasteiger partial charge is 0.394 e. The van der Waals surface area contributed by atoms with Crippen LogP contribution in [0.3, 0.4) is 0 Å². The van der Waals surface area contributed by atoms with E-state index in [9.17, 15) is 9.90 Å². The van der Waals surface area contributed by atoms with Gasteiger partial charge in [-0.1, -0.05) is 0 Å². The molecule has 1 amide bonds. The fourth-order valence-corrected chi connectivity index (χ4v) is 2.69. The molecule has 0 unspecified atom stereocenters. The van der Waals surface area contributed by atoms with Crippen LogP contribution in [-0.2, 0) is 19.0 Å². The third-order valence-electron chi connectivity index (χ3n) is 3.54. The number of ether oxygens (including phenoxy) is 3. The molecule has 120 valence electrons. The molecule has 0 spiro atoms. The summed E-state index contributed by atoms with van der Waals surface area (Å²) in [5.41, 5.74) is 0.420. The Morgan fingerprint density at radius 2 is 2.18 bits per heavy atom. The molecule has 4 atom stereocenters. The number of fused-ring (bicyclic) bond motifs is 1. The summed E-state index contributed by atoms with van der Waals surface area (Å²) in [5, 5.41) is 15.0. The van der Waals surface area contributed by atoms with Gasteiger partial charge in [-0.25, -0.2) is 9.97 Å². The van der Waals surface area contributed by atoms with Crippen molar-refractivity contribution in [2.45, 2.75) is 44.2 Å². The second kappa shape index (κ2) is 5.76. The van der Waals surface area contributed by atoms with E-state index < -0.39 is 24.2 Å². The molecule has 3 N–H and O–H groups in total. The van der Waals surface area contributed by atoms with Gasteiger partial charge in [0.15, 0.2) is 17.8 Å². The third-order valence-corrected chi connectivity index (χ3v) is 3.54. The van der Waals surface area contributed by atoms with Gasteiger partial charge in [0.2, 0.25) is 6.41 Å². The molecule has 0 aliphatic carbocycles. The number of aliphatic hydroxyl groups excluding tert-OH is 1. The molecule has 2 fully saturated rings. The Hall–Kier alpha value is -1.81. The van der Waals surface area contributed by atoms with Crippen LogP contribution >= 0.6 is 0 Å². The first kappa shape index (κ1) is 15.1. The minimum absolute atomic E-state index is 0.179. The van der Waals surface area contributed by atoms with E-state index in [0.29, 0.717) is 17.9 Å². The minimum atomic E-state index is -0.748. The summed E-state index contributed by atoms with van der Waals surface area (Å²) < 4.78 is 17.3. The zero-order valence-electron chi connectivity index (χ0n) is 12.2. The Morgan fingerprint density at radius 3 is 2.91 bits per heavy atom. The molecule has 1 aromatic rings. The predicted octanol–water partition coefficient (Wildman–Crippen LogP) is -0.306. The van der Waals surface area contributed by atoms with Gasteiger partial charge in [-0.2, -0.15) is 0 Å². The van der Waals surface area contributed by atoms with Crippen molar-refractivity contribution in [3.8, 4) is 0 Å². The summed E-state index contributed by atoms with van der Waals surface area (Å²) in [6, 6.07) is 0. The lowest BCUT2D eigenvalue weighted by Gasteiger charge is -2.24. The molecule has 0 aromatic carbocycles. The first-order valence-corrected chi connectivity index (χ1v) is 6.93. The fraction of sp³-hybridized carbons (Fsp3) is 0.615. The SMILES string of the molecule is CC1(C)O[C@@H]2[C@H](O1)[C@@H](CO)O[C@H]2Nc1ncncc1NC=O. The molecule has 9 nitrogen and oxygen atoms in total. The summed E-state index contributed by atoms with van der Waals surface area (Å²) in [5.74, 6) is -0.347. The number of hydrogen-bond acceptors (Lipinski definition) is 8. The van der Waals surface area contributed by atoms with Crippen LogP contribution < -0.4 is 10.6 Å². The van der Waals surface area contributed by atoms with Crippen molar-refractivity contribution < 1.29 is 24.1 Å². The highest BCUT2D eigenvalue weighted by atomic mass is 16.8. The number of rotatable bonds is 5. The van der Waals surface area contributed by atoms with Crippen molar-refractivity contribution in [3.05, 3.63) is 12.5 Å². The highest BCUT2D eigenvalue weighted by Crippen LogP contribution is 2.39. The standard InChI is InChI=1S/C13H18N4O5/c1-13(2)21-9-8(4-18)20-12(10(9)22-13)17-11-7(16-6-19)3-14-5-15-11/h3,5-6,8-10,12,18H,4H2,1-2H3,(H,16,19)(H,14,15,17)/t8-,9-,10-,12-/m1/s1. The lowest BCUT2D eigenvalue weighted by molar-refractivity contribution is -0.187. The molecule has 0 saturated carbocycles. The van der Waals surface area contributed by atoms with Crippen molar-refractivity contribution in [2.75, 3.05) is 17.2 Å². The van der Waals surface area contributed by atoms with E-state index in [0.717, 1.165) is 0 Å². The average Bonchev–Trinajstić information content (AvgIpc) is 2.95. The second-order valence-corrected chi connectivity index (χ2v) is 5.53. The van der Waals surface area contributed by atoms with Gasteiger partial charge in [0.1, 0.15) is 30.3 Å². The summed E-state index contributed by atoms with van der Waals surface area (Å²) in [4.78, 5) is 18.6. The molecule has 0 bridgehead atoms. The van der Waals surface area contributed by atoms with Crippen molar-refractivity contribution in [1.29, 1.82) is 0 Å². The quantitative estimate of drug-likeness (QED) is 0.635. The maximum atomic E-state index is 10.6. The van der Waals surface area contributed by atoms with Gasteiger partial charge in [-0.15, -0.1) is 0 Å². The van der Waals surface area contributed by atoms with Crippen molar-refractivity contribution in [1.82, 2.24) is 9.97 Å². The molecular weight excluding hydrogens is 292 g/mol. The van der Waals surface area contributed by atoms with Crippen molar-refractivity contribution in [2.24, 2.45) is 0 Å². The van der Waals surface area contributed by atoms with Crippen molar-refractivity contribution >= 4 is 17.9 Å². The highest BCUT2D eigenvalue weighted by Gasteiger charge is 2.55. The van der Waals surface area contributed by atoms with Crippen LogP contribution in [0.25, 0.3) is 0 Å². The van der Waals surface area contributed by atoms with Crippen LogP contribution in [0.5, 0.6) is 0 Å². The number of nitrogens with zero attached hydrogens (tertiary/aromatic N) is 2. The molecule has 22 heavy (non-hydrogen) atoms. The molecule has 1 aromatic heterocycles. The summed E-state index contributed by atoms with van der Waals surface area (Å²) in [6.07, 6.45) is 1.53. The lowest BCUT2D eigenvalue weighted by atomic mass is 10.1. The Kier molecular flexibility index (Phi) is 3.96. The zero-order chi connectivity index (χ0) is 15.7. The zero-order valence-corrected chi connectivity index (χ0v) is 12.2. The maximum absolute atomic E-state index is 10.6. The van der Waals surface area contributed by atoms with E-state index in [1.807, 2.05) is 0 Å². The molecule has 2 saturated heterocycles. The summed E-state index contributed by atoms with van der Waals surface area (Å²) in [6.45, 7) is 3.43. The van der Waals surface area contributed by atoms with E-state index in [4.69, 9.17) is 14.2 Å². The number of nitrogens with one attached hydrogen (secondary N) is 2. The van der Waals surface area contributed by atoms with Crippen LogP contribution in [0.4, 0.5) is 11.5 Å². The molecular formula is C13H18N4O5. The molecule has 3 rings (SSSR count). The molecule has 0 radical (unpaired) electrons. The number of amides is 1. The molecule has 2 aliphatic heterocycles. The van der Waals surface area contributed by atoms with E-state index >= 15 is 0 Å². The molecule has 3 heterocycles. The van der Waals surface area contributed by atoms with Crippen LogP contribution in [0.1, 0.15) is 13.8 Å². The number of anilines is 2. The van der Waals surface area contributed by atoms with Gasteiger partial charge >= 0.3 is 0 Å². The van der Waals surface area contributed by atoms with E-state index in [2.05, 4.69) is 20.6 Å². The smallest absolute Gasteiger partial charge is 0.211 e. The Bertz CT molecular complexity index is 555. The highest BCUT2D eigenvalue weighted by molar-refractivity contribution is 5.78. The van der Waals surface area contributed by atoms with Crippen LogP contribution in [0.15, 0.2) is 12.5 Å². The molecule has 9 heteroatoms. The number of hydrogen-bond donors (Lipinski definition) is 3. The Balaban J connectivity index is 1.79. The maximum Gasteiger partial charge on any atom is 0.211 e. The van der Waals surface area contributed by atoms with Crippen LogP contribution in [0.2, 0.25) is 0 Å². The lowest BCUT2D eigenvalue weighted by Crippen LogP contribution is -2.35. The first-order valence-electron chi connectivity index (χ1n) is 6.93. The second-order valence-electron chi connectivity index (χ2n) is 5.53. The van der Waals surface area contributed by atoms with Gasteiger partial charge in [0.05, 0.1) is 12.8 Å². The first-order chi connectivity index (χ1) is 10.5. The monoisotopic (exact) mass is 310 g/mol. The normalized spacial score (nSPS) is 32.5.